The minimum absolute atomic E-state index is 0.000953. The number of carbonyl (C=O) groups is 2. The van der Waals surface area contributed by atoms with Crippen LogP contribution in [0.3, 0.4) is 0 Å². The molecule has 0 saturated heterocycles. The van der Waals surface area contributed by atoms with Crippen LogP contribution in [0.5, 0.6) is 17.2 Å². The van der Waals surface area contributed by atoms with Crippen molar-refractivity contribution >= 4 is 73.2 Å². The van der Waals surface area contributed by atoms with Crippen molar-refractivity contribution in [3.05, 3.63) is 219 Å². The Labute approximate surface area is 536 Å². The third-order valence-corrected chi connectivity index (χ3v) is 20.8. The van der Waals surface area contributed by atoms with Gasteiger partial charge in [0.15, 0.2) is 5.78 Å². The number of aliphatic imine (C=N–C) groups is 1. The van der Waals surface area contributed by atoms with Crippen molar-refractivity contribution in [2.24, 2.45) is 4.99 Å². The van der Waals surface area contributed by atoms with Crippen LogP contribution in [0.2, 0.25) is 13.1 Å². The van der Waals surface area contributed by atoms with E-state index in [2.05, 4.69) is 86.0 Å². The lowest BCUT2D eigenvalue weighted by atomic mass is 9.86. The van der Waals surface area contributed by atoms with Crippen molar-refractivity contribution in [1.82, 2.24) is 15.1 Å². The first-order valence-corrected chi connectivity index (χ1v) is 33.5. The van der Waals surface area contributed by atoms with E-state index in [9.17, 15) is 46.0 Å². The Morgan fingerprint density at radius 2 is 1.22 bits per heavy atom. The highest BCUT2D eigenvalue weighted by Crippen LogP contribution is 2.46. The number of halogens is 6. The fourth-order valence-electron chi connectivity index (χ4n) is 12.4. The second kappa shape index (κ2) is 29.1. The molecule has 1 aliphatic heterocycles. The second-order valence-corrected chi connectivity index (χ2v) is 28.3. The molecule has 7 aromatic carbocycles. The number of allylic oxidation sites excluding steroid dienone is 6. The summed E-state index contributed by atoms with van der Waals surface area (Å²) < 4.78 is 104. The molecule has 20 heteroatoms. The van der Waals surface area contributed by atoms with E-state index in [0.29, 0.717) is 58.1 Å². The number of benzene rings is 7. The maximum absolute atomic E-state index is 14.5. The van der Waals surface area contributed by atoms with Crippen LogP contribution < -0.4 is 24.5 Å². The number of alkyl halides is 6. The van der Waals surface area contributed by atoms with Gasteiger partial charge in [-0.25, -0.2) is 0 Å². The number of ether oxygens (including phenoxy) is 1. The molecule has 3 N–H and O–H groups in total. The van der Waals surface area contributed by atoms with Gasteiger partial charge in [0.2, 0.25) is 5.91 Å². The maximum Gasteiger partial charge on any atom is 0.569 e. The highest BCUT2D eigenvalue weighted by Gasteiger charge is 2.41. The Kier molecular flexibility index (Phi) is 21.6. The predicted molar refractivity (Wildman–Crippen MR) is 357 cm³/mol. The SMILES string of the molecule is C=C(C)C(=O)CCCCN(Cc1cc(C(F)(F)F)ccc1O[B]O)Cc1c2ccccc2c(CN(CCCNC(=O)C(=C)C)Cc2cc(C(F)(F)F)ccc2O[B]O)c2ccc(-c3ccc(OC)c(C4=C5C=CC(=NC)C=C5[Si](C)(C)c5cc(CC)ccc54)c3)cc12. The molecule has 0 bridgehead atoms. The standard InChI is InChI=1S/C72H74B2F6N4O7Si/c1-10-46-19-25-57-67(34-46)92(8,9)68-39-53(81-6)24-27-58(68)69(57)60-38-48(21-28-66(60)89-7)47-20-26-56-59(37-47)62(43-83(32-14-13-18-63(85)44(2)3)40-49-35-51(71(75,76)77)22-29-64(49)90-73-87)55-17-12-11-16-54(55)61(56)42-84(33-15-31-82-70(86)45(4)5)41-50-36-52(72(78,79)80)23-30-65(50)91-74-88/h11-12,16-17,19-30,34-39,87-88H,2,4,10,13-15,18,31-33,40-43H2,1,3,5-9H3,(H,82,86). The summed E-state index contributed by atoms with van der Waals surface area (Å²) in [5, 5.41) is 28.2. The van der Waals surface area contributed by atoms with E-state index in [1.54, 1.807) is 28.0 Å². The molecular weight excluding hydrogens is 1200 g/mol. The van der Waals surface area contributed by atoms with Crippen molar-refractivity contribution in [3.63, 3.8) is 0 Å². The predicted octanol–water partition coefficient (Wildman–Crippen LogP) is 14.3. The summed E-state index contributed by atoms with van der Waals surface area (Å²) in [5.74, 6) is 0.214. The van der Waals surface area contributed by atoms with Crippen LogP contribution in [0.25, 0.3) is 38.2 Å². The topological polar surface area (TPSA) is 133 Å². The molecule has 1 amide bonds. The first-order valence-electron chi connectivity index (χ1n) is 30.5. The van der Waals surface area contributed by atoms with Crippen LogP contribution in [0.1, 0.15) is 96.5 Å². The molecule has 9 rings (SSSR count). The first-order chi connectivity index (χ1) is 43.9. The largest absolute Gasteiger partial charge is 0.569 e. The van der Waals surface area contributed by atoms with E-state index in [-0.39, 0.29) is 80.0 Å². The molecule has 0 fully saturated rings. The number of unbranched alkanes of at least 4 members (excludes halogenated alkanes) is 1. The van der Waals surface area contributed by atoms with Gasteiger partial charge < -0.3 is 29.4 Å². The van der Waals surface area contributed by atoms with Crippen LogP contribution in [0.4, 0.5) is 26.3 Å². The number of ketones is 1. The number of nitrogens with one attached hydrogen (secondary N) is 1. The van der Waals surface area contributed by atoms with E-state index < -0.39 is 31.6 Å². The third-order valence-electron chi connectivity index (χ3n) is 17.3. The molecule has 0 atom stereocenters. The number of aryl methyl sites for hydroxylation is 1. The molecular formula is C72H74B2F6N4O7Si. The number of amides is 1. The molecule has 7 aromatic rings. The van der Waals surface area contributed by atoms with Crippen molar-refractivity contribution in [2.75, 3.05) is 33.8 Å². The highest BCUT2D eigenvalue weighted by molar-refractivity contribution is 6.98. The molecule has 0 unspecified atom stereocenters. The van der Waals surface area contributed by atoms with Crippen LogP contribution in [-0.4, -0.2) is 94.5 Å². The Bertz CT molecular complexity index is 4120. The lowest BCUT2D eigenvalue weighted by molar-refractivity contribution is -0.138. The van der Waals surface area contributed by atoms with Crippen LogP contribution >= 0.6 is 0 Å². The summed E-state index contributed by atoms with van der Waals surface area (Å²) in [4.78, 5) is 34.1. The number of nitrogens with zero attached hydrogens (tertiary/aromatic N) is 3. The Hall–Kier alpha value is -8.26. The van der Waals surface area contributed by atoms with Gasteiger partial charge in [0.1, 0.15) is 25.3 Å². The van der Waals surface area contributed by atoms with Gasteiger partial charge in [0.05, 0.1) is 23.9 Å². The van der Waals surface area contributed by atoms with E-state index in [4.69, 9.17) is 14.0 Å². The summed E-state index contributed by atoms with van der Waals surface area (Å²) in [6.45, 7) is 18.6. The maximum atomic E-state index is 14.5. The number of fused-ring (bicyclic) bond motifs is 4. The van der Waals surface area contributed by atoms with Gasteiger partial charge in [-0.1, -0.05) is 99.9 Å². The summed E-state index contributed by atoms with van der Waals surface area (Å²) >= 11 is 0. The lowest BCUT2D eigenvalue weighted by Crippen LogP contribution is -2.49. The molecule has 0 spiro atoms. The average Bonchev–Trinajstić information content (AvgIpc) is 0.725. The zero-order valence-corrected chi connectivity index (χ0v) is 53.8. The molecule has 1 heterocycles. The molecule has 0 aromatic heterocycles. The number of Topliss-reactive ketones (excluding diaryl/α,β-unsaturated/α-hetero) is 1. The highest BCUT2D eigenvalue weighted by atomic mass is 28.3. The van der Waals surface area contributed by atoms with Crippen molar-refractivity contribution in [1.29, 1.82) is 0 Å². The Morgan fingerprint density at radius 1 is 0.652 bits per heavy atom. The Balaban J connectivity index is 1.28. The number of hydrogen-bond donors (Lipinski definition) is 3. The molecule has 1 aliphatic carbocycles. The smallest absolute Gasteiger partial charge is 0.537 e. The number of methoxy groups -OCH3 is 1. The van der Waals surface area contributed by atoms with Gasteiger partial charge in [-0.05, 0) is 195 Å². The van der Waals surface area contributed by atoms with Crippen LogP contribution in [0, 0.1) is 0 Å². The van der Waals surface area contributed by atoms with Crippen LogP contribution in [-0.2, 0) is 54.5 Å². The minimum atomic E-state index is -4.71. The first kappa shape index (κ1) is 68.1. The normalized spacial score (nSPS) is 14.1. The number of carbonyl (C=O) groups excluding carboxylic acids is 2. The summed E-state index contributed by atoms with van der Waals surface area (Å²) in [5.41, 5.74) is 8.64. The minimum Gasteiger partial charge on any atom is -0.537 e. The molecule has 11 nitrogen and oxygen atoms in total. The van der Waals surface area contributed by atoms with Crippen molar-refractivity contribution in [2.45, 2.75) is 105 Å². The molecule has 2 aliphatic rings. The van der Waals surface area contributed by atoms with E-state index in [0.717, 1.165) is 109 Å². The van der Waals surface area contributed by atoms with E-state index in [1.807, 2.05) is 64.4 Å². The summed E-state index contributed by atoms with van der Waals surface area (Å²) in [6, 6.07) is 32.9. The van der Waals surface area contributed by atoms with Crippen molar-refractivity contribution in [3.8, 4) is 28.4 Å². The van der Waals surface area contributed by atoms with E-state index >= 15 is 0 Å². The second-order valence-electron chi connectivity index (χ2n) is 23.9. The zero-order valence-electron chi connectivity index (χ0n) is 52.8. The van der Waals surface area contributed by atoms with Gasteiger partial charge in [-0.3, -0.25) is 24.4 Å². The Morgan fingerprint density at radius 3 is 1.77 bits per heavy atom. The molecule has 476 valence electrons. The van der Waals surface area contributed by atoms with E-state index in [1.165, 1.54) is 22.0 Å². The lowest BCUT2D eigenvalue weighted by Gasteiger charge is -2.38. The molecule has 2 radical (unpaired) electrons. The summed E-state index contributed by atoms with van der Waals surface area (Å²) in [7, 11) is 1.97. The third kappa shape index (κ3) is 15.3. The average molecular weight is 1270 g/mol. The fraction of sp³-hybridized carbons (Fsp3) is 0.292. The number of rotatable bonds is 27. The summed E-state index contributed by atoms with van der Waals surface area (Å²) in [6.07, 6.45) is -0.653. The quantitative estimate of drug-likeness (QED) is 0.0151. The molecule has 92 heavy (non-hydrogen) atoms. The van der Waals surface area contributed by atoms with Crippen molar-refractivity contribution < 1.29 is 60.0 Å². The monoisotopic (exact) mass is 1270 g/mol. The van der Waals surface area contributed by atoms with Gasteiger partial charge in [0, 0.05) is 75.0 Å². The van der Waals surface area contributed by atoms with Gasteiger partial charge >= 0.3 is 27.7 Å². The number of hydrogen-bond acceptors (Lipinski definition) is 10. The van der Waals surface area contributed by atoms with Crippen LogP contribution in [0.15, 0.2) is 174 Å². The van der Waals surface area contributed by atoms with Gasteiger partial charge in [-0.15, -0.1) is 0 Å². The molecule has 0 saturated carbocycles. The van der Waals surface area contributed by atoms with Gasteiger partial charge in [-0.2, -0.15) is 26.3 Å². The van der Waals surface area contributed by atoms with Gasteiger partial charge in [0.25, 0.3) is 0 Å². The fourth-order valence-corrected chi connectivity index (χ4v) is 15.6. The zero-order chi connectivity index (χ0) is 66.2.